The van der Waals surface area contributed by atoms with Crippen molar-refractivity contribution in [1.29, 1.82) is 0 Å². The maximum Gasteiger partial charge on any atom is 0.261 e. The van der Waals surface area contributed by atoms with Crippen LogP contribution in [0.15, 0.2) is 35.2 Å². The maximum atomic E-state index is 12.8. The topological polar surface area (TPSA) is 37.4 Å². The Morgan fingerprint density at radius 3 is 2.29 bits per heavy atom. The number of imide groups is 1. The highest BCUT2D eigenvalue weighted by Gasteiger charge is 2.32. The Labute approximate surface area is 148 Å². The van der Waals surface area contributed by atoms with Gasteiger partial charge in [-0.15, -0.1) is 12.6 Å². The van der Waals surface area contributed by atoms with E-state index in [0.29, 0.717) is 17.7 Å². The summed E-state index contributed by atoms with van der Waals surface area (Å²) in [5.41, 5.74) is 1.23. The molecule has 3 rings (SSSR count). The van der Waals surface area contributed by atoms with Gasteiger partial charge in [0.1, 0.15) is 0 Å². The van der Waals surface area contributed by atoms with E-state index in [-0.39, 0.29) is 11.8 Å². The van der Waals surface area contributed by atoms with Crippen molar-refractivity contribution in [3.63, 3.8) is 0 Å². The monoisotopic (exact) mass is 341 g/mol. The molecule has 24 heavy (non-hydrogen) atoms. The van der Waals surface area contributed by atoms with Crippen LogP contribution >= 0.6 is 12.6 Å². The molecule has 0 radical (unpaired) electrons. The summed E-state index contributed by atoms with van der Waals surface area (Å²) in [5, 5.41) is 1.62. The predicted molar refractivity (Wildman–Crippen MR) is 99.9 cm³/mol. The second-order valence-corrected chi connectivity index (χ2v) is 6.87. The third-order valence-corrected chi connectivity index (χ3v) is 5.09. The third-order valence-electron chi connectivity index (χ3n) is 4.70. The number of rotatable bonds is 7. The zero-order chi connectivity index (χ0) is 17.1. The minimum atomic E-state index is -0.175. The number of unbranched alkanes of at least 4 members (excludes halogenated alkanes) is 5. The first-order valence-electron chi connectivity index (χ1n) is 8.76. The van der Waals surface area contributed by atoms with Gasteiger partial charge in [-0.05, 0) is 30.0 Å². The second-order valence-electron chi connectivity index (χ2n) is 6.39. The Morgan fingerprint density at radius 1 is 0.875 bits per heavy atom. The highest BCUT2D eigenvalue weighted by Crippen LogP contribution is 2.33. The van der Waals surface area contributed by atoms with Gasteiger partial charge < -0.3 is 0 Å². The molecular weight excluding hydrogens is 318 g/mol. The Hall–Kier alpha value is -1.81. The SMILES string of the molecule is CCCCCCCCN1C(=O)c2cccc3c(S)ccc(c23)C1=O. The van der Waals surface area contributed by atoms with Crippen molar-refractivity contribution < 1.29 is 9.59 Å². The number of carbonyl (C=O) groups excluding carboxylic acids is 2. The van der Waals surface area contributed by atoms with E-state index in [1.54, 1.807) is 6.07 Å². The van der Waals surface area contributed by atoms with Crippen molar-refractivity contribution in [2.75, 3.05) is 6.54 Å². The van der Waals surface area contributed by atoms with Crippen molar-refractivity contribution in [2.45, 2.75) is 50.3 Å². The number of hydrogen-bond donors (Lipinski definition) is 1. The number of benzene rings is 2. The first-order valence-corrected chi connectivity index (χ1v) is 9.20. The van der Waals surface area contributed by atoms with Gasteiger partial charge in [-0.1, -0.05) is 51.2 Å². The maximum absolute atomic E-state index is 12.8. The smallest absolute Gasteiger partial charge is 0.261 e. The van der Waals surface area contributed by atoms with Crippen LogP contribution in [0.5, 0.6) is 0 Å². The van der Waals surface area contributed by atoms with Gasteiger partial charge in [0.15, 0.2) is 0 Å². The lowest BCUT2D eigenvalue weighted by molar-refractivity contribution is 0.0607. The summed E-state index contributed by atoms with van der Waals surface area (Å²) in [7, 11) is 0. The molecule has 4 heteroatoms. The molecule has 1 aliphatic heterocycles. The Balaban J connectivity index is 1.80. The normalized spacial score (nSPS) is 13.8. The van der Waals surface area contributed by atoms with Crippen LogP contribution in [0.2, 0.25) is 0 Å². The molecule has 2 amide bonds. The number of nitrogens with zero attached hydrogens (tertiary/aromatic N) is 1. The zero-order valence-electron chi connectivity index (χ0n) is 14.0. The van der Waals surface area contributed by atoms with E-state index in [9.17, 15) is 9.59 Å². The van der Waals surface area contributed by atoms with Gasteiger partial charge in [-0.25, -0.2) is 0 Å². The summed E-state index contributed by atoms with van der Waals surface area (Å²) in [6, 6.07) is 9.20. The average molecular weight is 341 g/mol. The van der Waals surface area contributed by atoms with Crippen LogP contribution in [-0.4, -0.2) is 23.3 Å². The molecule has 1 aliphatic rings. The van der Waals surface area contributed by atoms with E-state index in [1.165, 1.54) is 30.6 Å². The molecule has 0 bridgehead atoms. The first-order chi connectivity index (χ1) is 11.6. The van der Waals surface area contributed by atoms with Crippen molar-refractivity contribution in [3.05, 3.63) is 41.5 Å². The van der Waals surface area contributed by atoms with Gasteiger partial charge in [0.05, 0.1) is 0 Å². The summed E-state index contributed by atoms with van der Waals surface area (Å²) in [6.07, 6.45) is 6.80. The molecule has 126 valence electrons. The molecule has 1 heterocycles. The minimum Gasteiger partial charge on any atom is -0.274 e. The summed E-state index contributed by atoms with van der Waals surface area (Å²) < 4.78 is 0. The molecule has 2 aromatic carbocycles. The van der Waals surface area contributed by atoms with Crippen LogP contribution in [0, 0.1) is 0 Å². The minimum absolute atomic E-state index is 0.175. The van der Waals surface area contributed by atoms with E-state index in [0.717, 1.165) is 28.5 Å². The average Bonchev–Trinajstić information content (AvgIpc) is 2.59. The fraction of sp³-hybridized carbons (Fsp3) is 0.400. The van der Waals surface area contributed by atoms with Crippen LogP contribution < -0.4 is 0 Å². The summed E-state index contributed by atoms with van der Waals surface area (Å²) >= 11 is 4.45. The summed E-state index contributed by atoms with van der Waals surface area (Å²) in [4.78, 5) is 27.7. The van der Waals surface area contributed by atoms with Gasteiger partial charge in [0.2, 0.25) is 0 Å². The van der Waals surface area contributed by atoms with Crippen LogP contribution in [-0.2, 0) is 0 Å². The summed E-state index contributed by atoms with van der Waals surface area (Å²) in [6.45, 7) is 2.70. The van der Waals surface area contributed by atoms with Crippen molar-refractivity contribution in [3.8, 4) is 0 Å². The third kappa shape index (κ3) is 3.07. The van der Waals surface area contributed by atoms with E-state index < -0.39 is 0 Å². The molecule has 3 nitrogen and oxygen atoms in total. The molecule has 0 saturated heterocycles. The first kappa shape index (κ1) is 17.0. The van der Waals surface area contributed by atoms with E-state index in [4.69, 9.17) is 0 Å². The molecule has 0 aromatic heterocycles. The van der Waals surface area contributed by atoms with E-state index in [1.807, 2.05) is 24.3 Å². The van der Waals surface area contributed by atoms with Gasteiger partial charge in [-0.2, -0.15) is 0 Å². The standard InChI is InChI=1S/C20H23NO2S/c1-2-3-4-5-6-7-13-21-19(22)15-10-8-9-14-17(24)12-11-16(18(14)15)20(21)23/h8-12,24H,2-7,13H2,1H3. The molecule has 0 spiro atoms. The van der Waals surface area contributed by atoms with Gasteiger partial charge in [0, 0.05) is 28.0 Å². The fourth-order valence-electron chi connectivity index (χ4n) is 3.38. The van der Waals surface area contributed by atoms with Crippen LogP contribution in [0.25, 0.3) is 10.8 Å². The van der Waals surface area contributed by atoms with Crippen molar-refractivity contribution in [1.82, 2.24) is 4.90 Å². The Bertz CT molecular complexity index is 762. The second kappa shape index (κ2) is 7.39. The Morgan fingerprint density at radius 2 is 1.54 bits per heavy atom. The van der Waals surface area contributed by atoms with E-state index >= 15 is 0 Å². The lowest BCUT2D eigenvalue weighted by atomic mass is 9.94. The summed E-state index contributed by atoms with van der Waals surface area (Å²) in [5.74, 6) is -0.351. The molecule has 0 saturated carbocycles. The lowest BCUT2D eigenvalue weighted by Gasteiger charge is -2.27. The number of amides is 2. The number of carbonyl (C=O) groups is 2. The van der Waals surface area contributed by atoms with E-state index in [2.05, 4.69) is 19.6 Å². The quantitative estimate of drug-likeness (QED) is 0.433. The lowest BCUT2D eigenvalue weighted by Crippen LogP contribution is -2.40. The number of hydrogen-bond acceptors (Lipinski definition) is 3. The fourth-order valence-corrected chi connectivity index (χ4v) is 3.64. The highest BCUT2D eigenvalue weighted by molar-refractivity contribution is 7.80. The van der Waals surface area contributed by atoms with Crippen molar-refractivity contribution >= 4 is 35.2 Å². The van der Waals surface area contributed by atoms with Gasteiger partial charge in [0.25, 0.3) is 11.8 Å². The van der Waals surface area contributed by atoms with Gasteiger partial charge >= 0.3 is 0 Å². The van der Waals surface area contributed by atoms with Gasteiger partial charge in [-0.3, -0.25) is 14.5 Å². The Kier molecular flexibility index (Phi) is 5.24. The van der Waals surface area contributed by atoms with Crippen molar-refractivity contribution in [2.24, 2.45) is 0 Å². The zero-order valence-corrected chi connectivity index (χ0v) is 14.9. The van der Waals surface area contributed by atoms with Crippen LogP contribution in [0.1, 0.15) is 66.2 Å². The van der Waals surface area contributed by atoms with Crippen LogP contribution in [0.3, 0.4) is 0 Å². The molecule has 2 aromatic rings. The molecule has 0 fully saturated rings. The number of thiol groups is 1. The molecular formula is C20H23NO2S. The highest BCUT2D eigenvalue weighted by atomic mass is 32.1. The van der Waals surface area contributed by atoms with Crippen LogP contribution in [0.4, 0.5) is 0 Å². The molecule has 0 aliphatic carbocycles. The molecule has 0 unspecified atom stereocenters. The predicted octanol–water partition coefficient (Wildman–Crippen LogP) is 5.09. The largest absolute Gasteiger partial charge is 0.274 e. The molecule has 0 atom stereocenters. The molecule has 0 N–H and O–H groups in total.